The summed E-state index contributed by atoms with van der Waals surface area (Å²) in [5.41, 5.74) is 4.93. The molecule has 0 unspecified atom stereocenters. The van der Waals surface area contributed by atoms with Crippen LogP contribution in [0.4, 0.5) is 11.4 Å². The Bertz CT molecular complexity index is 1110. The molecule has 3 aromatic rings. The minimum absolute atomic E-state index is 0.184. The van der Waals surface area contributed by atoms with Crippen molar-refractivity contribution in [1.82, 2.24) is 0 Å². The van der Waals surface area contributed by atoms with E-state index in [1.807, 2.05) is 51.1 Å². The van der Waals surface area contributed by atoms with Crippen molar-refractivity contribution in [2.75, 3.05) is 4.72 Å². The quantitative estimate of drug-likeness (QED) is 0.537. The molecule has 3 rings (SSSR count). The smallest absolute Gasteiger partial charge is 0.261 e. The second kappa shape index (κ2) is 8.17. The molecule has 1 N–H and O–H groups in total. The molecule has 4 nitrogen and oxygen atoms in total. The minimum atomic E-state index is -3.68. The van der Waals surface area contributed by atoms with Crippen LogP contribution in [-0.2, 0) is 10.0 Å². The summed E-state index contributed by atoms with van der Waals surface area (Å²) in [6.45, 7) is 5.77. The van der Waals surface area contributed by atoms with Gasteiger partial charge in [0.2, 0.25) is 0 Å². The first-order chi connectivity index (χ1) is 13.3. The summed E-state index contributed by atoms with van der Waals surface area (Å²) in [7, 11) is -3.68. The first kappa shape index (κ1) is 20.1. The predicted octanol–water partition coefficient (Wildman–Crippen LogP) is 5.82. The van der Waals surface area contributed by atoms with E-state index in [4.69, 9.17) is 11.6 Å². The molecule has 0 amide bonds. The highest BCUT2D eigenvalue weighted by atomic mass is 35.5. The van der Waals surface area contributed by atoms with Crippen LogP contribution < -0.4 is 4.72 Å². The third-order valence-corrected chi connectivity index (χ3v) is 6.03. The van der Waals surface area contributed by atoms with E-state index < -0.39 is 10.0 Å². The van der Waals surface area contributed by atoms with Gasteiger partial charge in [0.05, 0.1) is 16.3 Å². The Morgan fingerprint density at radius 2 is 1.54 bits per heavy atom. The van der Waals surface area contributed by atoms with Crippen molar-refractivity contribution < 1.29 is 8.42 Å². The van der Waals surface area contributed by atoms with Gasteiger partial charge < -0.3 is 0 Å². The van der Waals surface area contributed by atoms with Gasteiger partial charge in [0.15, 0.2) is 0 Å². The predicted molar refractivity (Wildman–Crippen MR) is 117 cm³/mol. The van der Waals surface area contributed by atoms with E-state index in [0.717, 1.165) is 22.3 Å². The van der Waals surface area contributed by atoms with E-state index in [0.29, 0.717) is 16.4 Å². The molecule has 3 aromatic carbocycles. The summed E-state index contributed by atoms with van der Waals surface area (Å²) < 4.78 is 28.2. The van der Waals surface area contributed by atoms with Crippen molar-refractivity contribution in [3.05, 3.63) is 87.9 Å². The van der Waals surface area contributed by atoms with Gasteiger partial charge in [0, 0.05) is 16.8 Å². The van der Waals surface area contributed by atoms with E-state index in [1.54, 1.807) is 36.5 Å². The largest absolute Gasteiger partial charge is 0.279 e. The van der Waals surface area contributed by atoms with Crippen LogP contribution in [-0.4, -0.2) is 14.6 Å². The first-order valence-corrected chi connectivity index (χ1v) is 10.6. The van der Waals surface area contributed by atoms with Crippen molar-refractivity contribution in [1.29, 1.82) is 0 Å². The van der Waals surface area contributed by atoms with Crippen molar-refractivity contribution in [3.63, 3.8) is 0 Å². The fraction of sp³-hybridized carbons (Fsp3) is 0.136. The molecule has 0 aliphatic rings. The molecule has 0 aliphatic heterocycles. The Morgan fingerprint density at radius 3 is 2.14 bits per heavy atom. The van der Waals surface area contributed by atoms with Gasteiger partial charge in [-0.2, -0.15) is 0 Å². The highest BCUT2D eigenvalue weighted by Gasteiger charge is 2.16. The average molecular weight is 413 g/mol. The maximum Gasteiger partial charge on any atom is 0.261 e. The third kappa shape index (κ3) is 4.61. The molecular weight excluding hydrogens is 392 g/mol. The zero-order chi connectivity index (χ0) is 20.3. The molecular formula is C22H21ClN2O2S. The molecule has 6 heteroatoms. The topological polar surface area (TPSA) is 58.5 Å². The van der Waals surface area contributed by atoms with Crippen LogP contribution >= 0.6 is 11.6 Å². The fourth-order valence-electron chi connectivity index (χ4n) is 2.97. The van der Waals surface area contributed by atoms with E-state index in [9.17, 15) is 8.42 Å². The van der Waals surface area contributed by atoms with Crippen LogP contribution in [0.15, 0.2) is 70.6 Å². The number of rotatable bonds is 5. The zero-order valence-electron chi connectivity index (χ0n) is 15.9. The Balaban J connectivity index is 1.82. The summed E-state index contributed by atoms with van der Waals surface area (Å²) in [4.78, 5) is 4.54. The Labute approximate surface area is 171 Å². The van der Waals surface area contributed by atoms with Crippen LogP contribution in [0.3, 0.4) is 0 Å². The number of aryl methyl sites for hydroxylation is 3. The summed E-state index contributed by atoms with van der Waals surface area (Å²) in [6, 6.07) is 17.7. The Hall–Kier alpha value is -2.63. The van der Waals surface area contributed by atoms with Gasteiger partial charge >= 0.3 is 0 Å². The second-order valence-corrected chi connectivity index (χ2v) is 8.74. The second-order valence-electron chi connectivity index (χ2n) is 6.65. The lowest BCUT2D eigenvalue weighted by Crippen LogP contribution is -2.14. The first-order valence-electron chi connectivity index (χ1n) is 8.75. The minimum Gasteiger partial charge on any atom is -0.279 e. The van der Waals surface area contributed by atoms with Gasteiger partial charge in [0.25, 0.3) is 10.0 Å². The lowest BCUT2D eigenvalue weighted by molar-refractivity contribution is 0.601. The van der Waals surface area contributed by atoms with Crippen LogP contribution in [0.25, 0.3) is 0 Å². The lowest BCUT2D eigenvalue weighted by Gasteiger charge is -2.14. The van der Waals surface area contributed by atoms with E-state index in [1.165, 1.54) is 0 Å². The van der Waals surface area contributed by atoms with Crippen LogP contribution in [0.1, 0.15) is 22.3 Å². The van der Waals surface area contributed by atoms with Crippen LogP contribution in [0.2, 0.25) is 5.02 Å². The molecule has 0 saturated carbocycles. The fourth-order valence-corrected chi connectivity index (χ4v) is 4.36. The highest BCUT2D eigenvalue weighted by molar-refractivity contribution is 7.92. The van der Waals surface area contributed by atoms with E-state index in [2.05, 4.69) is 9.71 Å². The number of anilines is 1. The molecule has 0 bridgehead atoms. The molecule has 144 valence electrons. The highest BCUT2D eigenvalue weighted by Crippen LogP contribution is 2.26. The molecule has 0 aromatic heterocycles. The molecule has 0 fully saturated rings. The Morgan fingerprint density at radius 1 is 0.929 bits per heavy atom. The summed E-state index contributed by atoms with van der Waals surface area (Å²) in [5.74, 6) is 0. The molecule has 0 saturated heterocycles. The molecule has 0 radical (unpaired) electrons. The van der Waals surface area contributed by atoms with Crippen LogP contribution in [0.5, 0.6) is 0 Å². The number of nitrogens with one attached hydrogen (secondary N) is 1. The third-order valence-electron chi connectivity index (χ3n) is 4.32. The van der Waals surface area contributed by atoms with Crippen molar-refractivity contribution in [3.8, 4) is 0 Å². The van der Waals surface area contributed by atoms with Gasteiger partial charge in [-0.3, -0.25) is 9.71 Å². The summed E-state index contributed by atoms with van der Waals surface area (Å²) in [5, 5.41) is 0.610. The SMILES string of the molecule is Cc1cc(C)c(NS(=O)(=O)c2ccc(N=Cc3ccccc3Cl)cc2)c(C)c1. The summed E-state index contributed by atoms with van der Waals surface area (Å²) >= 11 is 6.11. The number of aliphatic imine (C=N–C) groups is 1. The number of nitrogens with zero attached hydrogens (tertiary/aromatic N) is 1. The molecule has 0 heterocycles. The van der Waals surface area contributed by atoms with Crippen molar-refractivity contribution >= 4 is 39.2 Å². The number of benzene rings is 3. The van der Waals surface area contributed by atoms with E-state index in [-0.39, 0.29) is 4.90 Å². The number of sulfonamides is 1. The maximum atomic E-state index is 12.8. The average Bonchev–Trinajstić information content (AvgIpc) is 2.64. The number of hydrogen-bond donors (Lipinski definition) is 1. The molecule has 0 atom stereocenters. The Kier molecular flexibility index (Phi) is 5.87. The van der Waals surface area contributed by atoms with Gasteiger partial charge in [-0.1, -0.05) is 47.5 Å². The normalized spacial score (nSPS) is 11.7. The van der Waals surface area contributed by atoms with Gasteiger partial charge in [0.1, 0.15) is 0 Å². The summed E-state index contributed by atoms with van der Waals surface area (Å²) in [6.07, 6.45) is 1.66. The standard InChI is InChI=1S/C22H21ClN2O2S/c1-15-12-16(2)22(17(3)13-15)25-28(26,27)20-10-8-19(9-11-20)24-14-18-6-4-5-7-21(18)23/h4-14,25H,1-3H3. The van der Waals surface area contributed by atoms with E-state index >= 15 is 0 Å². The lowest BCUT2D eigenvalue weighted by atomic mass is 10.1. The number of halogens is 1. The van der Waals surface area contributed by atoms with Gasteiger partial charge in [-0.05, 0) is 62.2 Å². The van der Waals surface area contributed by atoms with Crippen molar-refractivity contribution in [2.24, 2.45) is 4.99 Å². The maximum absolute atomic E-state index is 12.8. The van der Waals surface area contributed by atoms with Gasteiger partial charge in [-0.25, -0.2) is 8.42 Å². The van der Waals surface area contributed by atoms with Gasteiger partial charge in [-0.15, -0.1) is 0 Å². The number of hydrogen-bond acceptors (Lipinski definition) is 3. The van der Waals surface area contributed by atoms with Crippen LogP contribution in [0, 0.1) is 20.8 Å². The zero-order valence-corrected chi connectivity index (χ0v) is 17.5. The molecule has 28 heavy (non-hydrogen) atoms. The molecule has 0 spiro atoms. The molecule has 0 aliphatic carbocycles. The van der Waals surface area contributed by atoms with Crippen molar-refractivity contribution in [2.45, 2.75) is 25.7 Å². The monoisotopic (exact) mass is 412 g/mol.